The summed E-state index contributed by atoms with van der Waals surface area (Å²) in [4.78, 5) is 11.5. The van der Waals surface area contributed by atoms with Crippen LogP contribution < -0.4 is 0 Å². The van der Waals surface area contributed by atoms with Crippen LogP contribution in [0.1, 0.15) is 38.8 Å². The summed E-state index contributed by atoms with van der Waals surface area (Å²) in [6.07, 6.45) is 0. The summed E-state index contributed by atoms with van der Waals surface area (Å²) in [5.41, 5.74) is 1.19. The molecule has 2 rings (SSSR count). The Morgan fingerprint density at radius 2 is 0.857 bits per heavy atom. The standard InChI is InChI=1S/C18H22O2.Zn/c1-17(2,15-11-7-5-8-12-15)19-20-18(3,4)16-13-9-6-10-14-16;/h5-14H,1-4H3;. The second kappa shape index (κ2) is 7.31. The van der Waals surface area contributed by atoms with Crippen molar-refractivity contribution in [2.45, 2.75) is 38.9 Å². The molecule has 2 aromatic carbocycles. The van der Waals surface area contributed by atoms with Gasteiger partial charge >= 0.3 is 0 Å². The maximum atomic E-state index is 5.73. The Morgan fingerprint density at radius 3 is 1.14 bits per heavy atom. The summed E-state index contributed by atoms with van der Waals surface area (Å²) in [6, 6.07) is 20.2. The molecule has 21 heavy (non-hydrogen) atoms. The van der Waals surface area contributed by atoms with E-state index in [9.17, 15) is 0 Å². The summed E-state index contributed by atoms with van der Waals surface area (Å²) in [5.74, 6) is 0. The molecule has 0 saturated heterocycles. The van der Waals surface area contributed by atoms with Gasteiger partial charge in [0, 0.05) is 19.5 Å². The minimum absolute atomic E-state index is 0. The molecule has 0 radical (unpaired) electrons. The summed E-state index contributed by atoms with van der Waals surface area (Å²) in [7, 11) is 0. The molecule has 0 spiro atoms. The molecular weight excluding hydrogens is 314 g/mol. The molecule has 0 amide bonds. The van der Waals surface area contributed by atoms with Crippen LogP contribution in [0.15, 0.2) is 60.7 Å². The zero-order chi connectivity index (χ0) is 14.6. The third-order valence-corrected chi connectivity index (χ3v) is 3.40. The largest absolute Gasteiger partial charge is 0.225 e. The smallest absolute Gasteiger partial charge is 0.123 e. The van der Waals surface area contributed by atoms with E-state index in [0.29, 0.717) is 0 Å². The molecule has 2 aromatic rings. The van der Waals surface area contributed by atoms with Crippen molar-refractivity contribution in [2.75, 3.05) is 0 Å². The zero-order valence-corrected chi connectivity index (χ0v) is 16.3. The van der Waals surface area contributed by atoms with Gasteiger partial charge < -0.3 is 0 Å². The van der Waals surface area contributed by atoms with Crippen LogP contribution in [0, 0.1) is 0 Å². The maximum absolute atomic E-state index is 5.73. The normalized spacial score (nSPS) is 11.8. The van der Waals surface area contributed by atoms with Crippen LogP contribution in [0.3, 0.4) is 0 Å². The molecule has 0 bridgehead atoms. The van der Waals surface area contributed by atoms with Gasteiger partial charge in [0.05, 0.1) is 0 Å². The van der Waals surface area contributed by atoms with Crippen molar-refractivity contribution in [2.24, 2.45) is 0 Å². The molecule has 0 aliphatic rings. The molecule has 0 atom stereocenters. The molecule has 0 unspecified atom stereocenters. The first-order valence-corrected chi connectivity index (χ1v) is 6.90. The van der Waals surface area contributed by atoms with Crippen LogP contribution in [0.4, 0.5) is 0 Å². The number of rotatable bonds is 5. The molecule has 0 aliphatic carbocycles. The van der Waals surface area contributed by atoms with Gasteiger partial charge in [-0.25, -0.2) is 9.78 Å². The number of hydrogen-bond donors (Lipinski definition) is 0. The molecule has 3 heteroatoms. The van der Waals surface area contributed by atoms with Gasteiger partial charge in [-0.2, -0.15) is 0 Å². The molecule has 0 saturated carbocycles. The van der Waals surface area contributed by atoms with E-state index in [1.54, 1.807) is 0 Å². The van der Waals surface area contributed by atoms with E-state index in [2.05, 4.69) is 0 Å². The van der Waals surface area contributed by atoms with E-state index >= 15 is 0 Å². The van der Waals surface area contributed by atoms with E-state index in [1.807, 2.05) is 88.4 Å². The molecule has 0 aromatic heterocycles. The summed E-state index contributed by atoms with van der Waals surface area (Å²) < 4.78 is 0. The Balaban J connectivity index is 0.00000220. The van der Waals surface area contributed by atoms with E-state index in [4.69, 9.17) is 9.78 Å². The Hall–Kier alpha value is -1.02. The Labute approximate surface area is 140 Å². The molecule has 0 N–H and O–H groups in total. The average molecular weight is 336 g/mol. The minimum atomic E-state index is -0.493. The van der Waals surface area contributed by atoms with Crippen molar-refractivity contribution >= 4 is 0 Å². The van der Waals surface area contributed by atoms with Gasteiger partial charge in [0.15, 0.2) is 0 Å². The minimum Gasteiger partial charge on any atom is -0.225 e. The van der Waals surface area contributed by atoms with Crippen molar-refractivity contribution in [3.8, 4) is 0 Å². The van der Waals surface area contributed by atoms with Gasteiger partial charge in [0.25, 0.3) is 0 Å². The first-order chi connectivity index (χ1) is 9.42. The van der Waals surface area contributed by atoms with Crippen LogP contribution in [-0.2, 0) is 40.5 Å². The van der Waals surface area contributed by atoms with Crippen molar-refractivity contribution in [3.05, 3.63) is 71.8 Å². The third kappa shape index (κ3) is 4.74. The fourth-order valence-electron chi connectivity index (χ4n) is 1.98. The monoisotopic (exact) mass is 334 g/mol. The Kier molecular flexibility index (Phi) is 6.28. The number of hydrogen-bond acceptors (Lipinski definition) is 2. The van der Waals surface area contributed by atoms with Crippen molar-refractivity contribution in [1.29, 1.82) is 0 Å². The molecule has 2 nitrogen and oxygen atoms in total. The van der Waals surface area contributed by atoms with Gasteiger partial charge in [-0.05, 0) is 38.8 Å². The fourth-order valence-corrected chi connectivity index (χ4v) is 1.98. The molecule has 108 valence electrons. The SMILES string of the molecule is CC(C)(OOC(C)(C)c1ccccc1)c1ccccc1.[Zn]. The summed E-state index contributed by atoms with van der Waals surface area (Å²) in [6.45, 7) is 8.01. The van der Waals surface area contributed by atoms with E-state index in [-0.39, 0.29) is 19.5 Å². The van der Waals surface area contributed by atoms with Crippen molar-refractivity contribution in [1.82, 2.24) is 0 Å². The van der Waals surface area contributed by atoms with Crippen molar-refractivity contribution in [3.63, 3.8) is 0 Å². The second-order valence-electron chi connectivity index (χ2n) is 5.92. The van der Waals surface area contributed by atoms with Gasteiger partial charge in [-0.15, -0.1) is 0 Å². The van der Waals surface area contributed by atoms with Crippen LogP contribution in [-0.4, -0.2) is 0 Å². The van der Waals surface area contributed by atoms with E-state index in [0.717, 1.165) is 11.1 Å². The van der Waals surface area contributed by atoms with Gasteiger partial charge in [-0.3, -0.25) is 0 Å². The predicted molar refractivity (Wildman–Crippen MR) is 81.1 cm³/mol. The number of benzene rings is 2. The van der Waals surface area contributed by atoms with E-state index in [1.165, 1.54) is 0 Å². The third-order valence-electron chi connectivity index (χ3n) is 3.40. The fraction of sp³-hybridized carbons (Fsp3) is 0.333. The first kappa shape index (κ1) is 18.0. The van der Waals surface area contributed by atoms with Crippen molar-refractivity contribution < 1.29 is 29.3 Å². The Bertz CT molecular complexity index is 484. The predicted octanol–water partition coefficient (Wildman–Crippen LogP) is 4.80. The summed E-state index contributed by atoms with van der Waals surface area (Å²) >= 11 is 0. The van der Waals surface area contributed by atoms with Crippen LogP contribution >= 0.6 is 0 Å². The Morgan fingerprint density at radius 1 is 0.571 bits per heavy atom. The first-order valence-electron chi connectivity index (χ1n) is 6.90. The van der Waals surface area contributed by atoms with E-state index < -0.39 is 11.2 Å². The molecule has 0 fully saturated rings. The quantitative estimate of drug-likeness (QED) is 0.444. The zero-order valence-electron chi connectivity index (χ0n) is 13.3. The maximum Gasteiger partial charge on any atom is 0.123 e. The van der Waals surface area contributed by atoms with Gasteiger partial charge in [0.2, 0.25) is 0 Å². The van der Waals surface area contributed by atoms with Gasteiger partial charge in [-0.1, -0.05) is 60.7 Å². The van der Waals surface area contributed by atoms with Gasteiger partial charge in [0.1, 0.15) is 11.2 Å². The van der Waals surface area contributed by atoms with Crippen LogP contribution in [0.5, 0.6) is 0 Å². The second-order valence-corrected chi connectivity index (χ2v) is 5.92. The topological polar surface area (TPSA) is 18.5 Å². The molecule has 0 heterocycles. The summed E-state index contributed by atoms with van der Waals surface area (Å²) in [5, 5.41) is 0. The van der Waals surface area contributed by atoms with Crippen LogP contribution in [0.25, 0.3) is 0 Å². The average Bonchev–Trinajstić information content (AvgIpc) is 2.47. The molecule has 0 aliphatic heterocycles. The van der Waals surface area contributed by atoms with Crippen LogP contribution in [0.2, 0.25) is 0 Å². The molecular formula is C18H22O2Zn.